The summed E-state index contributed by atoms with van der Waals surface area (Å²) in [5, 5.41) is 3.08. The summed E-state index contributed by atoms with van der Waals surface area (Å²) in [6, 6.07) is 30.0. The Hall–Kier alpha value is -4.43. The highest BCUT2D eigenvalue weighted by Crippen LogP contribution is 2.28. The Morgan fingerprint density at radius 1 is 0.778 bits per heavy atom. The maximum absolute atomic E-state index is 14.6. The normalized spacial score (nSPS) is 12.6. The number of benzene rings is 4. The van der Waals surface area contributed by atoms with Gasteiger partial charge in [-0.2, -0.15) is 0 Å². The lowest BCUT2D eigenvalue weighted by atomic mass is 10.0. The molecule has 45 heavy (non-hydrogen) atoms. The van der Waals surface area contributed by atoms with E-state index in [4.69, 9.17) is 0 Å². The van der Waals surface area contributed by atoms with Gasteiger partial charge in [0.15, 0.2) is 0 Å². The van der Waals surface area contributed by atoms with E-state index in [1.54, 1.807) is 41.3 Å². The van der Waals surface area contributed by atoms with Crippen LogP contribution in [0.3, 0.4) is 0 Å². The van der Waals surface area contributed by atoms with Crippen LogP contribution >= 0.6 is 0 Å². The number of rotatable bonds is 13. The maximum Gasteiger partial charge on any atom is 0.264 e. The molecule has 4 aromatic carbocycles. The van der Waals surface area contributed by atoms with Crippen molar-refractivity contribution < 1.29 is 18.0 Å². The Kier molecular flexibility index (Phi) is 11.2. The van der Waals surface area contributed by atoms with Crippen molar-refractivity contribution in [3.63, 3.8) is 0 Å². The number of amides is 2. The minimum atomic E-state index is -4.15. The number of nitrogens with zero attached hydrogens (tertiary/aromatic N) is 2. The SMILES string of the molecule is CC[C@H](C)NC(=O)[C@@H](Cc1ccccc1)N(Cc1ccccc1C)C(=O)CN(c1ccccc1C)S(=O)(=O)c1ccc(C)cc1. The first-order chi connectivity index (χ1) is 21.5. The Bertz CT molecular complexity index is 1710. The van der Waals surface area contributed by atoms with Crippen molar-refractivity contribution in [3.8, 4) is 0 Å². The van der Waals surface area contributed by atoms with Crippen molar-refractivity contribution in [3.05, 3.63) is 131 Å². The average molecular weight is 626 g/mol. The third-order valence-corrected chi connectivity index (χ3v) is 9.92. The van der Waals surface area contributed by atoms with Gasteiger partial charge >= 0.3 is 0 Å². The fraction of sp³-hybridized carbons (Fsp3) is 0.297. The molecular weight excluding hydrogens is 582 g/mol. The molecule has 0 aliphatic rings. The van der Waals surface area contributed by atoms with Crippen LogP contribution in [0.4, 0.5) is 5.69 Å². The van der Waals surface area contributed by atoms with E-state index in [9.17, 15) is 18.0 Å². The Morgan fingerprint density at radius 2 is 1.38 bits per heavy atom. The van der Waals surface area contributed by atoms with Crippen LogP contribution in [-0.2, 0) is 32.6 Å². The molecule has 4 rings (SSSR count). The summed E-state index contributed by atoms with van der Waals surface area (Å²) in [6.45, 7) is 9.26. The van der Waals surface area contributed by atoms with Crippen molar-refractivity contribution >= 4 is 27.5 Å². The van der Waals surface area contributed by atoms with Gasteiger partial charge < -0.3 is 10.2 Å². The summed E-state index contributed by atoms with van der Waals surface area (Å²) >= 11 is 0. The van der Waals surface area contributed by atoms with Gasteiger partial charge in [-0.15, -0.1) is 0 Å². The Morgan fingerprint density at radius 3 is 2.00 bits per heavy atom. The quantitative estimate of drug-likeness (QED) is 0.187. The van der Waals surface area contributed by atoms with Crippen molar-refractivity contribution in [1.82, 2.24) is 10.2 Å². The lowest BCUT2D eigenvalue weighted by Crippen LogP contribution is -2.54. The molecule has 236 valence electrons. The fourth-order valence-corrected chi connectivity index (χ4v) is 6.64. The molecule has 0 spiro atoms. The molecule has 0 saturated heterocycles. The summed E-state index contributed by atoms with van der Waals surface area (Å²) in [5.74, 6) is -0.753. The van der Waals surface area contributed by atoms with E-state index >= 15 is 0 Å². The predicted octanol–water partition coefficient (Wildman–Crippen LogP) is 6.36. The summed E-state index contributed by atoms with van der Waals surface area (Å²) in [7, 11) is -4.15. The highest BCUT2D eigenvalue weighted by Gasteiger charge is 2.35. The Balaban J connectivity index is 1.83. The van der Waals surface area contributed by atoms with Crippen LogP contribution in [0.1, 0.15) is 48.1 Å². The largest absolute Gasteiger partial charge is 0.352 e. The van der Waals surface area contributed by atoms with Gasteiger partial charge in [0.25, 0.3) is 10.0 Å². The van der Waals surface area contributed by atoms with E-state index in [-0.39, 0.29) is 29.8 Å². The molecule has 7 nitrogen and oxygen atoms in total. The summed E-state index contributed by atoms with van der Waals surface area (Å²) in [4.78, 5) is 30.2. The van der Waals surface area contributed by atoms with Crippen molar-refractivity contribution in [1.29, 1.82) is 0 Å². The second-order valence-corrected chi connectivity index (χ2v) is 13.4. The summed E-state index contributed by atoms with van der Waals surface area (Å²) in [5.41, 5.74) is 4.79. The van der Waals surface area contributed by atoms with Gasteiger partial charge in [0.1, 0.15) is 12.6 Å². The lowest BCUT2D eigenvalue weighted by molar-refractivity contribution is -0.140. The topological polar surface area (TPSA) is 86.8 Å². The monoisotopic (exact) mass is 625 g/mol. The molecule has 0 heterocycles. The van der Waals surface area contributed by atoms with Gasteiger partial charge in [-0.25, -0.2) is 8.42 Å². The Labute approximate surface area is 268 Å². The summed E-state index contributed by atoms with van der Waals surface area (Å²) in [6.07, 6.45) is 1.00. The van der Waals surface area contributed by atoms with Crippen molar-refractivity contribution in [2.75, 3.05) is 10.8 Å². The predicted molar refractivity (Wildman–Crippen MR) is 180 cm³/mol. The van der Waals surface area contributed by atoms with Crippen LogP contribution in [0, 0.1) is 20.8 Å². The number of hydrogen-bond acceptors (Lipinski definition) is 4. The van der Waals surface area contributed by atoms with E-state index in [1.807, 2.05) is 101 Å². The van der Waals surface area contributed by atoms with Crippen LogP contribution in [0.15, 0.2) is 108 Å². The molecule has 4 aromatic rings. The van der Waals surface area contributed by atoms with Gasteiger partial charge in [-0.1, -0.05) is 97.4 Å². The summed E-state index contributed by atoms with van der Waals surface area (Å²) < 4.78 is 29.6. The molecule has 0 unspecified atom stereocenters. The van der Waals surface area contributed by atoms with E-state index < -0.39 is 28.5 Å². The number of anilines is 1. The van der Waals surface area contributed by atoms with E-state index in [2.05, 4.69) is 5.32 Å². The molecule has 2 amide bonds. The van der Waals surface area contributed by atoms with Crippen LogP contribution in [-0.4, -0.2) is 43.8 Å². The number of sulfonamides is 1. The van der Waals surface area contributed by atoms with Crippen LogP contribution < -0.4 is 9.62 Å². The van der Waals surface area contributed by atoms with Crippen molar-refractivity contribution in [2.24, 2.45) is 0 Å². The minimum absolute atomic E-state index is 0.0879. The number of carbonyl (C=O) groups excluding carboxylic acids is 2. The molecule has 0 saturated carbocycles. The number of carbonyl (C=O) groups is 2. The molecule has 1 N–H and O–H groups in total. The fourth-order valence-electron chi connectivity index (χ4n) is 5.16. The molecule has 0 fully saturated rings. The zero-order valence-electron chi connectivity index (χ0n) is 26.7. The van der Waals surface area contributed by atoms with Gasteiger partial charge in [0, 0.05) is 19.0 Å². The molecule has 2 atom stereocenters. The molecule has 0 aliphatic heterocycles. The van der Waals surface area contributed by atoms with Gasteiger partial charge in [0.05, 0.1) is 10.6 Å². The second kappa shape index (κ2) is 15.0. The third kappa shape index (κ3) is 8.39. The smallest absolute Gasteiger partial charge is 0.264 e. The molecule has 0 aromatic heterocycles. The average Bonchev–Trinajstić information content (AvgIpc) is 3.03. The highest BCUT2D eigenvalue weighted by molar-refractivity contribution is 7.92. The minimum Gasteiger partial charge on any atom is -0.352 e. The number of nitrogens with one attached hydrogen (secondary N) is 1. The molecule has 0 aliphatic carbocycles. The zero-order chi connectivity index (χ0) is 32.6. The van der Waals surface area contributed by atoms with Gasteiger partial charge in [-0.05, 0) is 74.6 Å². The van der Waals surface area contributed by atoms with Gasteiger partial charge in [0.2, 0.25) is 11.8 Å². The molecule has 0 bridgehead atoms. The molecule has 8 heteroatoms. The third-order valence-electron chi connectivity index (χ3n) is 8.15. The van der Waals surface area contributed by atoms with Crippen LogP contribution in [0.2, 0.25) is 0 Å². The van der Waals surface area contributed by atoms with E-state index in [1.165, 1.54) is 4.31 Å². The zero-order valence-corrected chi connectivity index (χ0v) is 27.6. The lowest BCUT2D eigenvalue weighted by Gasteiger charge is -2.35. The standard InChI is InChI=1S/C37H43N3O4S/c1-6-30(5)38-37(42)35(24-31-16-8-7-9-17-31)39(25-32-18-12-10-14-28(32)3)36(41)26-40(34-19-13-11-15-29(34)4)45(43,44)33-22-20-27(2)21-23-33/h7-23,30,35H,6,24-26H2,1-5H3,(H,38,42)/t30-,35+/m0/s1. The van der Waals surface area contributed by atoms with Crippen LogP contribution in [0.25, 0.3) is 0 Å². The first kappa shape index (κ1) is 33.5. The molecular formula is C37H43N3O4S. The maximum atomic E-state index is 14.6. The first-order valence-corrected chi connectivity index (χ1v) is 16.8. The van der Waals surface area contributed by atoms with E-state index in [0.29, 0.717) is 11.3 Å². The first-order valence-electron chi connectivity index (χ1n) is 15.3. The highest BCUT2D eigenvalue weighted by atomic mass is 32.2. The molecule has 0 radical (unpaired) electrons. The number of hydrogen-bond donors (Lipinski definition) is 1. The van der Waals surface area contributed by atoms with Crippen molar-refractivity contribution in [2.45, 2.75) is 71.0 Å². The van der Waals surface area contributed by atoms with E-state index in [0.717, 1.165) is 28.7 Å². The number of para-hydroxylation sites is 1. The van der Waals surface area contributed by atoms with Gasteiger partial charge in [-0.3, -0.25) is 13.9 Å². The second-order valence-electron chi connectivity index (χ2n) is 11.6. The number of aryl methyl sites for hydroxylation is 3. The van der Waals surface area contributed by atoms with Crippen LogP contribution in [0.5, 0.6) is 0 Å².